The number of nitrogens with zero attached hydrogens (tertiary/aromatic N) is 1. The van der Waals surface area contributed by atoms with Gasteiger partial charge in [-0.3, -0.25) is 18.9 Å². The highest BCUT2D eigenvalue weighted by molar-refractivity contribution is 7.45. The fourth-order valence-corrected chi connectivity index (χ4v) is 9.26. The molecule has 1 saturated carbocycles. The lowest BCUT2D eigenvalue weighted by Gasteiger charge is -2.28. The third kappa shape index (κ3) is 35.4. The number of hydrogen-bond donors (Lipinski definition) is 3. The normalized spacial score (nSPS) is 19.5. The minimum absolute atomic E-state index is 0.0573. The van der Waals surface area contributed by atoms with Gasteiger partial charge in [0.25, 0.3) is 7.82 Å². The Morgan fingerprint density at radius 2 is 1.12 bits per heavy atom. The summed E-state index contributed by atoms with van der Waals surface area (Å²) in [6, 6.07) is 0. The molecule has 3 N–H and O–H groups in total. The van der Waals surface area contributed by atoms with E-state index >= 15 is 0 Å². The predicted molar refractivity (Wildman–Crippen MR) is 261 cm³/mol. The Morgan fingerprint density at radius 1 is 0.652 bits per heavy atom. The Balaban J connectivity index is 2.39. The van der Waals surface area contributed by atoms with Gasteiger partial charge in [0.2, 0.25) is 0 Å². The molecule has 66 heavy (non-hydrogen) atoms. The van der Waals surface area contributed by atoms with E-state index in [0.29, 0.717) is 36.7 Å². The van der Waals surface area contributed by atoms with Gasteiger partial charge in [0, 0.05) is 43.9 Å². The molecule has 0 saturated heterocycles. The van der Waals surface area contributed by atoms with Crippen LogP contribution in [0.3, 0.4) is 0 Å². The van der Waals surface area contributed by atoms with Gasteiger partial charge >= 0.3 is 11.9 Å². The van der Waals surface area contributed by atoms with Gasteiger partial charge in [-0.15, -0.1) is 0 Å². The number of likely N-dealkylation sites (N-methyl/N-ethyl adjacent to an activating group) is 1. The molecular formula is C52H98NO12P. The second-order valence-electron chi connectivity index (χ2n) is 20.2. The van der Waals surface area contributed by atoms with Crippen LogP contribution in [0.5, 0.6) is 0 Å². The van der Waals surface area contributed by atoms with E-state index in [1.807, 2.05) is 21.1 Å². The molecule has 1 fully saturated rings. The molecule has 0 spiro atoms. The van der Waals surface area contributed by atoms with Crippen molar-refractivity contribution in [2.45, 2.75) is 244 Å². The lowest BCUT2D eigenvalue weighted by molar-refractivity contribution is -0.870. The molecule has 0 aliphatic heterocycles. The molecule has 7 atom stereocenters. The summed E-state index contributed by atoms with van der Waals surface area (Å²) in [5.41, 5.74) is 0. The summed E-state index contributed by atoms with van der Waals surface area (Å²) in [4.78, 5) is 50.9. The number of ketones is 1. The summed E-state index contributed by atoms with van der Waals surface area (Å²) < 4.78 is 33.9. The fourth-order valence-electron chi connectivity index (χ4n) is 8.54. The fraction of sp³-hybridized carbons (Fsp3) is 0.904. The van der Waals surface area contributed by atoms with E-state index in [-0.39, 0.29) is 51.1 Å². The maximum atomic E-state index is 12.9. The average molecular weight is 960 g/mol. The highest BCUT2D eigenvalue weighted by Crippen LogP contribution is 2.39. The Kier molecular flexibility index (Phi) is 36.9. The van der Waals surface area contributed by atoms with E-state index in [0.717, 1.165) is 38.5 Å². The van der Waals surface area contributed by atoms with Crippen molar-refractivity contribution in [2.24, 2.45) is 11.8 Å². The van der Waals surface area contributed by atoms with Crippen LogP contribution in [0.2, 0.25) is 0 Å². The summed E-state index contributed by atoms with van der Waals surface area (Å²) in [5.74, 6) is -2.12. The van der Waals surface area contributed by atoms with Crippen molar-refractivity contribution in [1.82, 2.24) is 0 Å². The number of hydrogen-bond acceptors (Lipinski definition) is 12. The first-order chi connectivity index (χ1) is 31.6. The largest absolute Gasteiger partial charge is 0.756 e. The van der Waals surface area contributed by atoms with Crippen LogP contribution in [-0.4, -0.2) is 109 Å². The van der Waals surface area contributed by atoms with Crippen LogP contribution in [0.25, 0.3) is 0 Å². The number of aliphatic hydroxyl groups excluding tert-OH is 3. The Morgan fingerprint density at radius 3 is 1.65 bits per heavy atom. The van der Waals surface area contributed by atoms with E-state index in [9.17, 15) is 39.2 Å². The molecule has 388 valence electrons. The number of quaternary nitrogens is 1. The standard InChI is InChI=1S/C52H98NO12P/c1-6-8-10-11-12-13-14-15-16-17-18-19-20-21-22-23-24-25-26-27-29-34-51(58)62-42-46(43-64-66(60,61)63-39-38-53(3,4)5)65-52(59)35-31-30-33-45(55)40-48-47(49(56)41-50(48)57)37-36-44(54)32-28-9-7-2/h36-37,44,46-50,54,56-57H,6-35,38-43H2,1-5H3/b37-36+/t44-,46+,47+,48+,49+,50-/m0/s1. The number of Topliss-reactive ketones (excluding diaryl/α,β-unsaturated/α-hetero) is 1. The van der Waals surface area contributed by atoms with Crippen LogP contribution in [0.1, 0.15) is 219 Å². The van der Waals surface area contributed by atoms with Gasteiger partial charge in [-0.1, -0.05) is 174 Å². The number of aliphatic hydroxyl groups is 3. The molecule has 1 aliphatic carbocycles. The molecule has 1 rings (SSSR count). The second-order valence-corrected chi connectivity index (χ2v) is 21.6. The maximum Gasteiger partial charge on any atom is 0.306 e. The number of rotatable bonds is 45. The molecule has 0 radical (unpaired) electrons. The number of carbonyl (C=O) groups excluding carboxylic acids is 3. The molecule has 0 heterocycles. The van der Waals surface area contributed by atoms with Crippen LogP contribution in [-0.2, 0) is 37.5 Å². The number of unbranched alkanes of at least 4 members (excludes halogenated alkanes) is 23. The first-order valence-corrected chi connectivity index (χ1v) is 28.0. The summed E-state index contributed by atoms with van der Waals surface area (Å²) >= 11 is 0. The number of ether oxygens (including phenoxy) is 2. The SMILES string of the molecule is CCCCCCCCCCCCCCCCCCCCCCCC(=O)OC[C@H](COP(=O)([O-])OCC[N+](C)(C)C)OC(=O)CCCCC(=O)C[C@@H]1[C@@H](/C=C/[C@@H](O)CCCCC)[C@H](O)C[C@@H]1O. The Bertz CT molecular complexity index is 1310. The topological polar surface area (TPSA) is 189 Å². The van der Waals surface area contributed by atoms with E-state index in [2.05, 4.69) is 13.8 Å². The average Bonchev–Trinajstić information content (AvgIpc) is 3.52. The quantitative estimate of drug-likeness (QED) is 0.0172. The third-order valence-electron chi connectivity index (χ3n) is 12.8. The van der Waals surface area contributed by atoms with Crippen molar-refractivity contribution >= 4 is 25.5 Å². The molecule has 1 unspecified atom stereocenters. The smallest absolute Gasteiger partial charge is 0.306 e. The van der Waals surface area contributed by atoms with Crippen LogP contribution in [0.15, 0.2) is 12.2 Å². The van der Waals surface area contributed by atoms with Gasteiger partial charge in [-0.25, -0.2) is 0 Å². The summed E-state index contributed by atoms with van der Waals surface area (Å²) in [6.07, 6.45) is 31.5. The van der Waals surface area contributed by atoms with Crippen molar-refractivity contribution in [3.63, 3.8) is 0 Å². The molecule has 13 nitrogen and oxygen atoms in total. The molecule has 0 aromatic heterocycles. The molecule has 0 bridgehead atoms. The molecule has 0 amide bonds. The van der Waals surface area contributed by atoms with Gasteiger partial charge in [-0.2, -0.15) is 0 Å². The number of carbonyl (C=O) groups is 3. The van der Waals surface area contributed by atoms with Crippen molar-refractivity contribution in [3.8, 4) is 0 Å². The number of esters is 2. The van der Waals surface area contributed by atoms with Crippen molar-refractivity contribution in [2.75, 3.05) is 47.5 Å². The first-order valence-electron chi connectivity index (χ1n) is 26.6. The third-order valence-corrected chi connectivity index (χ3v) is 13.7. The molecule has 0 aromatic rings. The molecule has 0 aromatic carbocycles. The summed E-state index contributed by atoms with van der Waals surface area (Å²) in [7, 11) is 0.949. The van der Waals surface area contributed by atoms with E-state index in [1.165, 1.54) is 109 Å². The van der Waals surface area contributed by atoms with Crippen molar-refractivity contribution < 1.29 is 62.2 Å². The van der Waals surface area contributed by atoms with Gasteiger partial charge in [0.1, 0.15) is 25.5 Å². The summed E-state index contributed by atoms with van der Waals surface area (Å²) in [6.45, 7) is 3.73. The zero-order valence-corrected chi connectivity index (χ0v) is 43.4. The lowest BCUT2D eigenvalue weighted by atomic mass is 9.87. The van der Waals surface area contributed by atoms with Crippen LogP contribution >= 0.6 is 7.82 Å². The van der Waals surface area contributed by atoms with Crippen molar-refractivity contribution in [3.05, 3.63) is 12.2 Å². The van der Waals surface area contributed by atoms with Gasteiger partial charge in [-0.05, 0) is 25.7 Å². The van der Waals surface area contributed by atoms with Gasteiger partial charge < -0.3 is 43.2 Å². The minimum Gasteiger partial charge on any atom is -0.756 e. The molecular weight excluding hydrogens is 862 g/mol. The Hall–Kier alpha value is -1.70. The van der Waals surface area contributed by atoms with Gasteiger partial charge in [0.15, 0.2) is 6.10 Å². The zero-order chi connectivity index (χ0) is 48.9. The van der Waals surface area contributed by atoms with Gasteiger partial charge in [0.05, 0.1) is 46.1 Å². The molecule has 14 heteroatoms. The highest BCUT2D eigenvalue weighted by Gasteiger charge is 2.41. The van der Waals surface area contributed by atoms with E-state index in [4.69, 9.17) is 18.5 Å². The number of phosphoric ester groups is 1. The van der Waals surface area contributed by atoms with Crippen LogP contribution in [0, 0.1) is 11.8 Å². The lowest BCUT2D eigenvalue weighted by Crippen LogP contribution is -2.37. The zero-order valence-electron chi connectivity index (χ0n) is 42.5. The summed E-state index contributed by atoms with van der Waals surface area (Å²) in [5, 5.41) is 31.4. The maximum absolute atomic E-state index is 12.9. The van der Waals surface area contributed by atoms with E-state index < -0.39 is 62.6 Å². The second kappa shape index (κ2) is 39.1. The van der Waals surface area contributed by atoms with Crippen LogP contribution in [0.4, 0.5) is 0 Å². The molecule has 1 aliphatic rings. The first kappa shape index (κ1) is 62.3. The predicted octanol–water partition coefficient (Wildman–Crippen LogP) is 10.6. The number of phosphoric acid groups is 1. The highest BCUT2D eigenvalue weighted by atomic mass is 31.2. The monoisotopic (exact) mass is 960 g/mol. The minimum atomic E-state index is -4.73. The van der Waals surface area contributed by atoms with Crippen LogP contribution < -0.4 is 4.89 Å². The Labute approximate surface area is 401 Å². The van der Waals surface area contributed by atoms with Crippen molar-refractivity contribution in [1.29, 1.82) is 0 Å². The van der Waals surface area contributed by atoms with E-state index in [1.54, 1.807) is 12.2 Å².